The highest BCUT2D eigenvalue weighted by Crippen LogP contribution is 2.42. The van der Waals surface area contributed by atoms with Gasteiger partial charge in [-0.05, 0) is 36.1 Å². The second-order valence-corrected chi connectivity index (χ2v) is 7.29. The minimum Gasteiger partial charge on any atom is -0.316 e. The van der Waals surface area contributed by atoms with Crippen LogP contribution >= 0.6 is 0 Å². The fraction of sp³-hybridized carbons (Fsp3) is 1.00. The molecule has 2 aliphatic heterocycles. The van der Waals surface area contributed by atoms with Crippen molar-refractivity contribution in [3.8, 4) is 0 Å². The smallest absolute Gasteiger partial charge is 0.00479 e. The third kappa shape index (κ3) is 2.78. The van der Waals surface area contributed by atoms with E-state index in [1.807, 2.05) is 0 Å². The minimum absolute atomic E-state index is 0.516. The first kappa shape index (κ1) is 12.4. The van der Waals surface area contributed by atoms with Crippen LogP contribution in [0.5, 0.6) is 0 Å². The van der Waals surface area contributed by atoms with Crippen molar-refractivity contribution in [1.82, 2.24) is 10.2 Å². The summed E-state index contributed by atoms with van der Waals surface area (Å²) in [5, 5.41) is 3.63. The molecule has 2 unspecified atom stereocenters. The van der Waals surface area contributed by atoms with Crippen LogP contribution in [-0.4, -0.2) is 37.6 Å². The van der Waals surface area contributed by atoms with E-state index in [9.17, 15) is 0 Å². The Morgan fingerprint density at radius 2 is 1.69 bits per heavy atom. The molecule has 2 aliphatic rings. The van der Waals surface area contributed by atoms with Gasteiger partial charge >= 0.3 is 0 Å². The van der Waals surface area contributed by atoms with Gasteiger partial charge in [0.1, 0.15) is 0 Å². The van der Waals surface area contributed by atoms with Gasteiger partial charge in [-0.2, -0.15) is 0 Å². The first-order valence-electron chi connectivity index (χ1n) is 6.84. The summed E-state index contributed by atoms with van der Waals surface area (Å²) in [5.41, 5.74) is 1.03. The molecule has 2 rings (SSSR count). The van der Waals surface area contributed by atoms with Gasteiger partial charge in [0, 0.05) is 26.2 Å². The summed E-state index contributed by atoms with van der Waals surface area (Å²) < 4.78 is 0. The Hall–Kier alpha value is -0.0800. The Bertz CT molecular complexity index is 233. The van der Waals surface area contributed by atoms with E-state index in [1.165, 1.54) is 45.6 Å². The Morgan fingerprint density at radius 3 is 2.19 bits per heavy atom. The molecule has 2 nitrogen and oxygen atoms in total. The van der Waals surface area contributed by atoms with E-state index < -0.39 is 0 Å². The number of nitrogens with zero attached hydrogens (tertiary/aromatic N) is 1. The monoisotopic (exact) mass is 224 g/mol. The number of nitrogens with one attached hydrogen (secondary N) is 1. The molecule has 2 atom stereocenters. The topological polar surface area (TPSA) is 15.3 Å². The summed E-state index contributed by atoms with van der Waals surface area (Å²) in [5.74, 6) is 0.834. The Balaban J connectivity index is 1.97. The fourth-order valence-corrected chi connectivity index (χ4v) is 3.78. The average Bonchev–Trinajstić information content (AvgIpc) is 2.11. The average molecular weight is 224 g/mol. The maximum Gasteiger partial charge on any atom is 0.00479 e. The van der Waals surface area contributed by atoms with Crippen molar-refractivity contribution in [2.45, 2.75) is 40.5 Å². The highest BCUT2D eigenvalue weighted by molar-refractivity contribution is 4.99. The van der Waals surface area contributed by atoms with Gasteiger partial charge in [-0.3, -0.25) is 0 Å². The third-order valence-electron chi connectivity index (χ3n) is 4.19. The van der Waals surface area contributed by atoms with Crippen molar-refractivity contribution in [2.24, 2.45) is 16.7 Å². The molecule has 2 heteroatoms. The van der Waals surface area contributed by atoms with Gasteiger partial charge < -0.3 is 10.2 Å². The Labute approximate surface area is 101 Å². The van der Waals surface area contributed by atoms with Crippen LogP contribution in [0.1, 0.15) is 40.5 Å². The van der Waals surface area contributed by atoms with Crippen LogP contribution in [0.15, 0.2) is 0 Å². The lowest BCUT2D eigenvalue weighted by atomic mass is 9.66. The van der Waals surface area contributed by atoms with E-state index in [4.69, 9.17) is 0 Å². The first-order valence-corrected chi connectivity index (χ1v) is 6.84. The maximum absolute atomic E-state index is 3.63. The van der Waals surface area contributed by atoms with Crippen molar-refractivity contribution in [1.29, 1.82) is 0 Å². The molecule has 0 aromatic carbocycles. The van der Waals surface area contributed by atoms with E-state index in [1.54, 1.807) is 0 Å². The van der Waals surface area contributed by atoms with Crippen molar-refractivity contribution in [3.05, 3.63) is 0 Å². The lowest BCUT2D eigenvalue weighted by Crippen LogP contribution is -2.61. The Morgan fingerprint density at radius 1 is 1.12 bits per heavy atom. The molecule has 0 spiro atoms. The van der Waals surface area contributed by atoms with Crippen LogP contribution < -0.4 is 5.32 Å². The molecule has 16 heavy (non-hydrogen) atoms. The minimum atomic E-state index is 0.516. The summed E-state index contributed by atoms with van der Waals surface area (Å²) in [6.45, 7) is 15.9. The number of hydrogen-bond donors (Lipinski definition) is 1. The highest BCUT2D eigenvalue weighted by atomic mass is 15.2. The van der Waals surface area contributed by atoms with Gasteiger partial charge in [-0.1, -0.05) is 27.7 Å². The fourth-order valence-electron chi connectivity index (χ4n) is 3.78. The van der Waals surface area contributed by atoms with Crippen LogP contribution in [-0.2, 0) is 0 Å². The third-order valence-corrected chi connectivity index (χ3v) is 4.19. The van der Waals surface area contributed by atoms with Crippen LogP contribution in [0.25, 0.3) is 0 Å². The van der Waals surface area contributed by atoms with Gasteiger partial charge in [-0.15, -0.1) is 0 Å². The standard InChI is InChI=1S/C14H28N2/c1-12(2)5-6-16-10-13(3)7-14(4,11-16)9-15-8-13/h12,15H,5-11H2,1-4H3. The molecule has 2 bridgehead atoms. The van der Waals surface area contributed by atoms with Gasteiger partial charge in [0.2, 0.25) is 0 Å². The molecule has 0 aliphatic carbocycles. The van der Waals surface area contributed by atoms with Crippen molar-refractivity contribution in [3.63, 3.8) is 0 Å². The number of rotatable bonds is 3. The molecule has 1 N–H and O–H groups in total. The second-order valence-electron chi connectivity index (χ2n) is 7.29. The molecule has 2 saturated heterocycles. The number of hydrogen-bond acceptors (Lipinski definition) is 2. The second kappa shape index (κ2) is 4.30. The zero-order valence-electron chi connectivity index (χ0n) is 11.5. The molecule has 2 fully saturated rings. The Kier molecular flexibility index (Phi) is 3.33. The molecular weight excluding hydrogens is 196 g/mol. The number of likely N-dealkylation sites (tertiary alicyclic amines) is 1. The number of piperidine rings is 2. The summed E-state index contributed by atoms with van der Waals surface area (Å²) in [7, 11) is 0. The van der Waals surface area contributed by atoms with Crippen molar-refractivity contribution in [2.75, 3.05) is 32.7 Å². The zero-order valence-corrected chi connectivity index (χ0v) is 11.5. The summed E-state index contributed by atoms with van der Waals surface area (Å²) >= 11 is 0. The molecule has 0 aromatic rings. The first-order chi connectivity index (χ1) is 7.41. The molecule has 0 aromatic heterocycles. The largest absolute Gasteiger partial charge is 0.316 e. The summed E-state index contributed by atoms with van der Waals surface area (Å²) in [6.07, 6.45) is 2.75. The quantitative estimate of drug-likeness (QED) is 0.791. The summed E-state index contributed by atoms with van der Waals surface area (Å²) in [4.78, 5) is 2.71. The van der Waals surface area contributed by atoms with E-state index in [2.05, 4.69) is 37.9 Å². The van der Waals surface area contributed by atoms with Crippen LogP contribution in [0.3, 0.4) is 0 Å². The predicted octanol–water partition coefficient (Wildman–Crippen LogP) is 2.35. The number of fused-ring (bicyclic) bond motifs is 2. The molecule has 0 amide bonds. The van der Waals surface area contributed by atoms with E-state index in [-0.39, 0.29) is 0 Å². The zero-order chi connectivity index (χ0) is 11.8. The van der Waals surface area contributed by atoms with Crippen molar-refractivity contribution >= 4 is 0 Å². The normalized spacial score (nSPS) is 40.3. The van der Waals surface area contributed by atoms with Crippen molar-refractivity contribution < 1.29 is 0 Å². The SMILES string of the molecule is CC(C)CCN1CC2(C)CNCC(C)(C1)C2. The predicted molar refractivity (Wildman–Crippen MR) is 69.6 cm³/mol. The lowest BCUT2D eigenvalue weighted by Gasteiger charge is -2.54. The van der Waals surface area contributed by atoms with Crippen LogP contribution in [0.4, 0.5) is 0 Å². The van der Waals surface area contributed by atoms with Gasteiger partial charge in [0.15, 0.2) is 0 Å². The molecular formula is C14H28N2. The molecule has 0 radical (unpaired) electrons. The molecule has 94 valence electrons. The molecule has 0 saturated carbocycles. The summed E-state index contributed by atoms with van der Waals surface area (Å²) in [6, 6.07) is 0. The molecule has 2 heterocycles. The van der Waals surface area contributed by atoms with Gasteiger partial charge in [0.25, 0.3) is 0 Å². The van der Waals surface area contributed by atoms with Crippen LogP contribution in [0, 0.1) is 16.7 Å². The maximum atomic E-state index is 3.63. The van der Waals surface area contributed by atoms with Crippen LogP contribution in [0.2, 0.25) is 0 Å². The highest BCUT2D eigenvalue weighted by Gasteiger charge is 2.45. The lowest BCUT2D eigenvalue weighted by molar-refractivity contribution is -0.0213. The van der Waals surface area contributed by atoms with Gasteiger partial charge in [0.05, 0.1) is 0 Å². The van der Waals surface area contributed by atoms with E-state index >= 15 is 0 Å². The van der Waals surface area contributed by atoms with Gasteiger partial charge in [-0.25, -0.2) is 0 Å². The van der Waals surface area contributed by atoms with E-state index in [0.717, 1.165) is 5.92 Å². The van der Waals surface area contributed by atoms with E-state index in [0.29, 0.717) is 10.8 Å².